The zero-order valence-corrected chi connectivity index (χ0v) is 16.7. The second-order valence-electron chi connectivity index (χ2n) is 6.80. The number of nitro groups is 1. The Bertz CT molecular complexity index is 895. The van der Waals surface area contributed by atoms with Crippen LogP contribution >= 0.6 is 11.6 Å². The molecule has 3 rings (SSSR count). The van der Waals surface area contributed by atoms with E-state index >= 15 is 0 Å². The smallest absolute Gasteiger partial charge is 0.283 e. The van der Waals surface area contributed by atoms with E-state index in [0.717, 1.165) is 44.0 Å². The number of nitrogens with one attached hydrogen (secondary N) is 1. The standard InChI is InChI=1S/C20H23ClN4O3/c1-3-23-8-10-24(11-9-23)18-7-5-16(12-14(18)2)22-20(26)17-6-4-15(21)13-19(17)25(27)28/h4-7,12-13H,3,8-11H2,1-2H3,(H,22,26). The van der Waals surface area contributed by atoms with Crippen molar-refractivity contribution < 1.29 is 9.72 Å². The highest BCUT2D eigenvalue weighted by atomic mass is 35.5. The van der Waals surface area contributed by atoms with E-state index in [1.807, 2.05) is 25.1 Å². The lowest BCUT2D eigenvalue weighted by molar-refractivity contribution is -0.385. The molecule has 0 unspecified atom stereocenters. The molecule has 0 atom stereocenters. The summed E-state index contributed by atoms with van der Waals surface area (Å²) >= 11 is 5.81. The number of rotatable bonds is 5. The van der Waals surface area contributed by atoms with Crippen molar-refractivity contribution >= 4 is 34.6 Å². The fourth-order valence-corrected chi connectivity index (χ4v) is 3.61. The van der Waals surface area contributed by atoms with Crippen LogP contribution in [0.25, 0.3) is 0 Å². The third-order valence-electron chi connectivity index (χ3n) is 5.02. The summed E-state index contributed by atoms with van der Waals surface area (Å²) in [4.78, 5) is 27.9. The number of halogens is 1. The molecule has 1 aliphatic rings. The van der Waals surface area contributed by atoms with Gasteiger partial charge in [0.25, 0.3) is 11.6 Å². The van der Waals surface area contributed by atoms with Gasteiger partial charge < -0.3 is 15.1 Å². The van der Waals surface area contributed by atoms with Crippen LogP contribution in [-0.4, -0.2) is 48.5 Å². The Kier molecular flexibility index (Phi) is 6.16. The lowest BCUT2D eigenvalue weighted by atomic mass is 10.1. The van der Waals surface area contributed by atoms with Gasteiger partial charge in [-0.05, 0) is 49.4 Å². The second kappa shape index (κ2) is 8.58. The average molecular weight is 403 g/mol. The summed E-state index contributed by atoms with van der Waals surface area (Å²) in [5, 5.41) is 14.2. The number of carbonyl (C=O) groups is 1. The van der Waals surface area contributed by atoms with Gasteiger partial charge in [-0.1, -0.05) is 18.5 Å². The fraction of sp³-hybridized carbons (Fsp3) is 0.350. The van der Waals surface area contributed by atoms with Crippen LogP contribution in [0.3, 0.4) is 0 Å². The molecule has 0 bridgehead atoms. The van der Waals surface area contributed by atoms with Crippen LogP contribution in [0.5, 0.6) is 0 Å². The number of carbonyl (C=O) groups excluding carboxylic acids is 1. The quantitative estimate of drug-likeness (QED) is 0.605. The molecule has 1 aliphatic heterocycles. The summed E-state index contributed by atoms with van der Waals surface area (Å²) in [6, 6.07) is 9.72. The zero-order chi connectivity index (χ0) is 20.3. The van der Waals surface area contributed by atoms with Crippen molar-refractivity contribution in [2.45, 2.75) is 13.8 Å². The van der Waals surface area contributed by atoms with Crippen LogP contribution < -0.4 is 10.2 Å². The van der Waals surface area contributed by atoms with Gasteiger partial charge in [0.2, 0.25) is 0 Å². The fourth-order valence-electron chi connectivity index (χ4n) is 3.44. The van der Waals surface area contributed by atoms with Gasteiger partial charge >= 0.3 is 0 Å². The number of piperazine rings is 1. The minimum atomic E-state index is -0.606. The molecule has 2 aromatic rings. The van der Waals surface area contributed by atoms with Crippen LogP contribution in [0.2, 0.25) is 5.02 Å². The molecule has 8 heteroatoms. The van der Waals surface area contributed by atoms with Crippen LogP contribution in [0.4, 0.5) is 17.1 Å². The number of hydrogen-bond acceptors (Lipinski definition) is 5. The number of nitro benzene ring substituents is 1. The minimum Gasteiger partial charge on any atom is -0.369 e. The molecule has 1 amide bonds. The maximum atomic E-state index is 12.5. The maximum absolute atomic E-state index is 12.5. The number of amides is 1. The second-order valence-corrected chi connectivity index (χ2v) is 7.23. The van der Waals surface area contributed by atoms with Crippen molar-refractivity contribution in [3.8, 4) is 0 Å². The Morgan fingerprint density at radius 1 is 1.18 bits per heavy atom. The molecule has 148 valence electrons. The number of benzene rings is 2. The van der Waals surface area contributed by atoms with E-state index in [1.165, 1.54) is 18.2 Å². The first-order valence-corrected chi connectivity index (χ1v) is 9.60. The number of nitrogens with zero attached hydrogens (tertiary/aromatic N) is 3. The molecular weight excluding hydrogens is 380 g/mol. The van der Waals surface area contributed by atoms with E-state index in [0.29, 0.717) is 5.69 Å². The van der Waals surface area contributed by atoms with E-state index in [9.17, 15) is 14.9 Å². The Hall–Kier alpha value is -2.64. The lowest BCUT2D eigenvalue weighted by Gasteiger charge is -2.36. The van der Waals surface area contributed by atoms with Crippen molar-refractivity contribution in [1.29, 1.82) is 0 Å². The number of likely N-dealkylation sites (N-methyl/N-ethyl adjacent to an activating group) is 1. The van der Waals surface area contributed by atoms with Crippen LogP contribution in [-0.2, 0) is 0 Å². The predicted molar refractivity (Wildman–Crippen MR) is 112 cm³/mol. The Morgan fingerprint density at radius 3 is 2.50 bits per heavy atom. The van der Waals surface area contributed by atoms with Crippen LogP contribution in [0.15, 0.2) is 36.4 Å². The van der Waals surface area contributed by atoms with Crippen molar-refractivity contribution in [2.75, 3.05) is 42.9 Å². The molecule has 1 heterocycles. The van der Waals surface area contributed by atoms with Gasteiger partial charge in [0.15, 0.2) is 0 Å². The summed E-state index contributed by atoms with van der Waals surface area (Å²) in [6.45, 7) is 9.25. The molecule has 0 saturated carbocycles. The number of hydrogen-bond donors (Lipinski definition) is 1. The molecule has 1 saturated heterocycles. The van der Waals surface area contributed by atoms with Crippen LogP contribution in [0, 0.1) is 17.0 Å². The van der Waals surface area contributed by atoms with Crippen molar-refractivity contribution in [3.05, 3.63) is 62.7 Å². The van der Waals surface area contributed by atoms with E-state index in [1.54, 1.807) is 0 Å². The molecule has 7 nitrogen and oxygen atoms in total. The topological polar surface area (TPSA) is 78.7 Å². The lowest BCUT2D eigenvalue weighted by Crippen LogP contribution is -2.46. The first-order valence-electron chi connectivity index (χ1n) is 9.22. The molecule has 1 N–H and O–H groups in total. The predicted octanol–water partition coefficient (Wildman–Crippen LogP) is 3.95. The molecule has 2 aromatic carbocycles. The first kappa shape index (κ1) is 20.1. The summed E-state index contributed by atoms with van der Waals surface area (Å²) in [5.41, 5.74) is 2.46. The Morgan fingerprint density at radius 2 is 1.89 bits per heavy atom. The third kappa shape index (κ3) is 4.43. The summed E-state index contributed by atoms with van der Waals surface area (Å²) < 4.78 is 0. The zero-order valence-electron chi connectivity index (χ0n) is 15.9. The van der Waals surface area contributed by atoms with E-state index in [2.05, 4.69) is 22.0 Å². The summed E-state index contributed by atoms with van der Waals surface area (Å²) in [6.07, 6.45) is 0. The molecule has 0 radical (unpaired) electrons. The van der Waals surface area contributed by atoms with Gasteiger partial charge in [-0.15, -0.1) is 0 Å². The van der Waals surface area contributed by atoms with Gasteiger partial charge in [-0.2, -0.15) is 0 Å². The van der Waals surface area contributed by atoms with E-state index < -0.39 is 10.8 Å². The highest BCUT2D eigenvalue weighted by Gasteiger charge is 2.21. The SMILES string of the molecule is CCN1CCN(c2ccc(NC(=O)c3ccc(Cl)cc3[N+](=O)[O-])cc2C)CC1. The first-order chi connectivity index (χ1) is 13.4. The highest BCUT2D eigenvalue weighted by Crippen LogP contribution is 2.27. The largest absolute Gasteiger partial charge is 0.369 e. The van der Waals surface area contributed by atoms with Crippen molar-refractivity contribution in [2.24, 2.45) is 0 Å². The van der Waals surface area contributed by atoms with Gasteiger partial charge in [-0.25, -0.2) is 0 Å². The van der Waals surface area contributed by atoms with Crippen molar-refractivity contribution in [1.82, 2.24) is 4.90 Å². The average Bonchev–Trinajstić information content (AvgIpc) is 2.68. The molecule has 1 fully saturated rings. The summed E-state index contributed by atoms with van der Waals surface area (Å²) in [7, 11) is 0. The maximum Gasteiger partial charge on any atom is 0.283 e. The Balaban J connectivity index is 1.75. The highest BCUT2D eigenvalue weighted by molar-refractivity contribution is 6.31. The van der Waals surface area contributed by atoms with E-state index in [4.69, 9.17) is 11.6 Å². The monoisotopic (exact) mass is 402 g/mol. The molecule has 28 heavy (non-hydrogen) atoms. The summed E-state index contributed by atoms with van der Waals surface area (Å²) in [5.74, 6) is -0.535. The molecular formula is C20H23ClN4O3. The van der Waals surface area contributed by atoms with Crippen molar-refractivity contribution in [3.63, 3.8) is 0 Å². The van der Waals surface area contributed by atoms with E-state index in [-0.39, 0.29) is 16.3 Å². The normalized spacial score (nSPS) is 14.8. The van der Waals surface area contributed by atoms with Gasteiger partial charge in [0, 0.05) is 48.6 Å². The Labute approximate surface area is 169 Å². The number of aryl methyl sites for hydroxylation is 1. The third-order valence-corrected chi connectivity index (χ3v) is 5.25. The van der Waals surface area contributed by atoms with Crippen LogP contribution in [0.1, 0.15) is 22.8 Å². The minimum absolute atomic E-state index is 0.0215. The molecule has 0 aromatic heterocycles. The van der Waals surface area contributed by atoms with Gasteiger partial charge in [0.1, 0.15) is 5.56 Å². The number of anilines is 2. The molecule has 0 spiro atoms. The van der Waals surface area contributed by atoms with Gasteiger partial charge in [-0.3, -0.25) is 14.9 Å². The molecule has 0 aliphatic carbocycles. The van der Waals surface area contributed by atoms with Gasteiger partial charge in [0.05, 0.1) is 4.92 Å².